The molecule has 130 valence electrons. The summed E-state index contributed by atoms with van der Waals surface area (Å²) in [4.78, 5) is 15.2. The van der Waals surface area contributed by atoms with Crippen molar-refractivity contribution in [2.45, 2.75) is 32.5 Å². The number of pyridine rings is 1. The summed E-state index contributed by atoms with van der Waals surface area (Å²) >= 11 is 0. The van der Waals surface area contributed by atoms with Crippen LogP contribution in [0.1, 0.15) is 26.5 Å². The van der Waals surface area contributed by atoms with Gasteiger partial charge in [0.15, 0.2) is 17.3 Å². The molecule has 1 N–H and O–H groups in total. The Balaban J connectivity index is 2.45. The van der Waals surface area contributed by atoms with E-state index in [9.17, 15) is 22.4 Å². The second-order valence-corrected chi connectivity index (χ2v) is 5.75. The first-order valence-corrected chi connectivity index (χ1v) is 6.75. The highest BCUT2D eigenvalue weighted by molar-refractivity contribution is 5.85. The maximum atomic E-state index is 13.7. The molecule has 0 saturated heterocycles. The van der Waals surface area contributed by atoms with Gasteiger partial charge in [-0.25, -0.2) is 18.9 Å². The summed E-state index contributed by atoms with van der Waals surface area (Å²) in [7, 11) is 0. The molecule has 1 amide bonds. The van der Waals surface area contributed by atoms with Crippen LogP contribution in [-0.4, -0.2) is 26.5 Å². The first-order chi connectivity index (χ1) is 11.0. The van der Waals surface area contributed by atoms with Crippen molar-refractivity contribution in [1.82, 2.24) is 14.8 Å². The maximum Gasteiger partial charge on any atom is 0.435 e. The van der Waals surface area contributed by atoms with Crippen molar-refractivity contribution < 1.29 is 27.1 Å². The number of hydrogen-bond donors (Lipinski definition) is 1. The molecule has 2 aromatic rings. The zero-order valence-corrected chi connectivity index (χ0v) is 13.0. The molecule has 24 heavy (non-hydrogen) atoms. The molecule has 0 fully saturated rings. The smallest absolute Gasteiger partial charge is 0.435 e. The fourth-order valence-electron chi connectivity index (χ4n) is 1.82. The van der Waals surface area contributed by atoms with E-state index in [1.807, 2.05) is 5.32 Å². The average molecular weight is 346 g/mol. The van der Waals surface area contributed by atoms with Crippen molar-refractivity contribution in [2.24, 2.45) is 0 Å². The number of anilines is 1. The van der Waals surface area contributed by atoms with Gasteiger partial charge < -0.3 is 4.74 Å². The lowest BCUT2D eigenvalue weighted by Gasteiger charge is -2.20. The van der Waals surface area contributed by atoms with Gasteiger partial charge in [0.05, 0.1) is 11.9 Å². The lowest BCUT2D eigenvalue weighted by molar-refractivity contribution is -0.142. The number of halogens is 4. The van der Waals surface area contributed by atoms with Gasteiger partial charge in [-0.3, -0.25) is 5.32 Å². The number of aromatic nitrogens is 3. The van der Waals surface area contributed by atoms with Crippen molar-refractivity contribution in [1.29, 1.82) is 0 Å². The van der Waals surface area contributed by atoms with Crippen LogP contribution in [-0.2, 0) is 10.9 Å². The molecule has 0 aromatic carbocycles. The van der Waals surface area contributed by atoms with E-state index in [1.54, 1.807) is 20.8 Å². The predicted molar refractivity (Wildman–Crippen MR) is 76.2 cm³/mol. The molecule has 0 saturated carbocycles. The SMILES string of the molecule is CC(C)(C)OC(=O)Nc1cnn(-c2ncccc2F)c1C(F)(F)F. The highest BCUT2D eigenvalue weighted by Crippen LogP contribution is 2.36. The highest BCUT2D eigenvalue weighted by atomic mass is 19.4. The number of rotatable bonds is 2. The van der Waals surface area contributed by atoms with Gasteiger partial charge in [-0.2, -0.15) is 18.3 Å². The Morgan fingerprint density at radius 1 is 1.29 bits per heavy atom. The summed E-state index contributed by atoms with van der Waals surface area (Å²) < 4.78 is 59.0. The van der Waals surface area contributed by atoms with E-state index in [2.05, 4.69) is 10.1 Å². The Hall–Kier alpha value is -2.65. The molecule has 0 aliphatic rings. The molecule has 2 aromatic heterocycles. The van der Waals surface area contributed by atoms with E-state index < -0.39 is 40.9 Å². The van der Waals surface area contributed by atoms with Crippen LogP contribution < -0.4 is 5.32 Å². The van der Waals surface area contributed by atoms with Crippen LogP contribution in [0.5, 0.6) is 0 Å². The Kier molecular flexibility index (Phi) is 4.50. The van der Waals surface area contributed by atoms with E-state index in [4.69, 9.17) is 4.74 Å². The van der Waals surface area contributed by atoms with Crippen LogP contribution in [0.25, 0.3) is 5.82 Å². The number of amides is 1. The lowest BCUT2D eigenvalue weighted by Crippen LogP contribution is -2.28. The van der Waals surface area contributed by atoms with Crippen molar-refractivity contribution in [3.8, 4) is 5.82 Å². The Morgan fingerprint density at radius 3 is 2.50 bits per heavy atom. The minimum atomic E-state index is -4.91. The molecule has 10 heteroatoms. The van der Waals surface area contributed by atoms with E-state index in [-0.39, 0.29) is 4.68 Å². The molecular formula is C14H14F4N4O2. The molecular weight excluding hydrogens is 332 g/mol. The average Bonchev–Trinajstić information content (AvgIpc) is 2.80. The second-order valence-electron chi connectivity index (χ2n) is 5.75. The fourth-order valence-corrected chi connectivity index (χ4v) is 1.82. The highest BCUT2D eigenvalue weighted by Gasteiger charge is 2.40. The van der Waals surface area contributed by atoms with Crippen LogP contribution in [0.2, 0.25) is 0 Å². The Bertz CT molecular complexity index is 750. The van der Waals surface area contributed by atoms with Gasteiger partial charge in [0.2, 0.25) is 0 Å². The topological polar surface area (TPSA) is 69.0 Å². The van der Waals surface area contributed by atoms with Crippen LogP contribution in [0, 0.1) is 5.82 Å². The molecule has 2 heterocycles. The van der Waals surface area contributed by atoms with E-state index in [1.165, 1.54) is 6.07 Å². The molecule has 0 radical (unpaired) electrons. The molecule has 2 rings (SSSR count). The number of hydrogen-bond acceptors (Lipinski definition) is 4. The van der Waals surface area contributed by atoms with Crippen molar-refractivity contribution in [3.05, 3.63) is 36.0 Å². The van der Waals surface area contributed by atoms with E-state index in [0.29, 0.717) is 0 Å². The fraction of sp³-hybridized carbons (Fsp3) is 0.357. The van der Waals surface area contributed by atoms with Crippen LogP contribution in [0.3, 0.4) is 0 Å². The first kappa shape index (κ1) is 17.7. The minimum Gasteiger partial charge on any atom is -0.444 e. The molecule has 0 bridgehead atoms. The van der Waals surface area contributed by atoms with Crippen molar-refractivity contribution in [2.75, 3.05) is 5.32 Å². The summed E-state index contributed by atoms with van der Waals surface area (Å²) in [6, 6.07) is 2.18. The van der Waals surface area contributed by atoms with Crippen LogP contribution >= 0.6 is 0 Å². The largest absolute Gasteiger partial charge is 0.444 e. The molecule has 0 aliphatic heterocycles. The summed E-state index contributed by atoms with van der Waals surface area (Å²) in [5, 5.41) is 5.46. The van der Waals surface area contributed by atoms with Crippen molar-refractivity contribution in [3.63, 3.8) is 0 Å². The standard InChI is InChI=1S/C14H14F4N4O2/c1-13(2,3)24-12(23)21-9-7-20-22(10(9)14(16,17)18)11-8(15)5-4-6-19-11/h4-7H,1-3H3,(H,21,23). The Morgan fingerprint density at radius 2 is 1.96 bits per heavy atom. The van der Waals surface area contributed by atoms with Crippen molar-refractivity contribution >= 4 is 11.8 Å². The molecule has 0 atom stereocenters. The molecule has 0 unspecified atom stereocenters. The predicted octanol–water partition coefficient (Wildman–Crippen LogP) is 3.77. The summed E-state index contributed by atoms with van der Waals surface area (Å²) in [6.45, 7) is 4.68. The number of carbonyl (C=O) groups is 1. The third kappa shape index (κ3) is 4.00. The molecule has 0 aliphatic carbocycles. The van der Waals surface area contributed by atoms with E-state index in [0.717, 1.165) is 18.5 Å². The van der Waals surface area contributed by atoms with Gasteiger partial charge in [-0.15, -0.1) is 0 Å². The second kappa shape index (κ2) is 6.10. The van der Waals surface area contributed by atoms with Gasteiger partial charge in [-0.1, -0.05) is 0 Å². The first-order valence-electron chi connectivity index (χ1n) is 6.75. The number of ether oxygens (including phenoxy) is 1. The normalized spacial score (nSPS) is 12.1. The third-order valence-electron chi connectivity index (χ3n) is 2.61. The zero-order chi connectivity index (χ0) is 18.1. The van der Waals surface area contributed by atoms with Gasteiger partial charge in [0.25, 0.3) is 0 Å². The molecule has 0 spiro atoms. The zero-order valence-electron chi connectivity index (χ0n) is 13.0. The lowest BCUT2D eigenvalue weighted by atomic mass is 10.2. The van der Waals surface area contributed by atoms with E-state index >= 15 is 0 Å². The number of nitrogens with zero attached hydrogens (tertiary/aromatic N) is 3. The third-order valence-corrected chi connectivity index (χ3v) is 2.61. The summed E-state index contributed by atoms with van der Waals surface area (Å²) in [6.07, 6.45) is -4.12. The Labute approximate surface area is 134 Å². The number of nitrogens with one attached hydrogen (secondary N) is 1. The van der Waals surface area contributed by atoms with Crippen LogP contribution in [0.4, 0.5) is 28.0 Å². The van der Waals surface area contributed by atoms with Gasteiger partial charge in [0.1, 0.15) is 5.60 Å². The summed E-state index contributed by atoms with van der Waals surface area (Å²) in [5.74, 6) is -1.63. The monoisotopic (exact) mass is 346 g/mol. The molecule has 6 nitrogen and oxygen atoms in total. The maximum absolute atomic E-state index is 13.7. The number of alkyl halides is 3. The quantitative estimate of drug-likeness (QED) is 0.841. The van der Waals surface area contributed by atoms with Gasteiger partial charge in [0, 0.05) is 6.20 Å². The summed E-state index contributed by atoms with van der Waals surface area (Å²) in [5.41, 5.74) is -2.93. The van der Waals surface area contributed by atoms with Gasteiger partial charge in [-0.05, 0) is 32.9 Å². The van der Waals surface area contributed by atoms with Gasteiger partial charge >= 0.3 is 12.3 Å². The minimum absolute atomic E-state index is 0.280. The van der Waals surface area contributed by atoms with Crippen LogP contribution in [0.15, 0.2) is 24.5 Å². The number of carbonyl (C=O) groups excluding carboxylic acids is 1.